The predicted octanol–water partition coefficient (Wildman–Crippen LogP) is 7.87. The van der Waals surface area contributed by atoms with Crippen LogP contribution in [0.1, 0.15) is 44.5 Å². The first-order valence-electron chi connectivity index (χ1n) is 15.3. The maximum Gasteiger partial charge on any atom is 0.161 e. The number of hydrogen-bond acceptors (Lipinski definition) is 4. The SMILES string of the molecule is COc1cc2c(cc1OC)CC1(C2)Cc2c(F)ccc(F)c2/C1=C1\c2c(F)ccc(F)c2CC12Cc1cc(OC)c(OC)cc1C2. The highest BCUT2D eigenvalue weighted by Gasteiger charge is 2.56. The minimum absolute atomic E-state index is 0.170. The molecule has 0 radical (unpaired) electrons. The van der Waals surface area contributed by atoms with Crippen LogP contribution in [-0.4, -0.2) is 28.4 Å². The molecule has 0 N–H and O–H groups in total. The molecule has 0 saturated heterocycles. The molecule has 4 aliphatic rings. The zero-order chi connectivity index (χ0) is 32.1. The highest BCUT2D eigenvalue weighted by molar-refractivity contribution is 6.02. The zero-order valence-corrected chi connectivity index (χ0v) is 26.0. The minimum Gasteiger partial charge on any atom is -0.493 e. The van der Waals surface area contributed by atoms with Gasteiger partial charge in [0.15, 0.2) is 23.0 Å². The summed E-state index contributed by atoms with van der Waals surface area (Å²) < 4.78 is 86.3. The topological polar surface area (TPSA) is 36.9 Å². The van der Waals surface area contributed by atoms with Gasteiger partial charge in [0, 0.05) is 22.0 Å². The highest BCUT2D eigenvalue weighted by Crippen LogP contribution is 2.66. The summed E-state index contributed by atoms with van der Waals surface area (Å²) in [5.41, 5.74) is 4.31. The largest absolute Gasteiger partial charge is 0.493 e. The van der Waals surface area contributed by atoms with E-state index in [0.29, 0.717) is 59.8 Å². The van der Waals surface area contributed by atoms with E-state index in [9.17, 15) is 0 Å². The molecule has 0 heterocycles. The van der Waals surface area contributed by atoms with Gasteiger partial charge in [-0.2, -0.15) is 0 Å². The number of rotatable bonds is 4. The van der Waals surface area contributed by atoms with Crippen LogP contribution in [0.3, 0.4) is 0 Å². The highest BCUT2D eigenvalue weighted by atomic mass is 19.1. The van der Waals surface area contributed by atoms with Gasteiger partial charge in [-0.15, -0.1) is 0 Å². The Balaban J connectivity index is 1.44. The van der Waals surface area contributed by atoms with E-state index in [1.807, 2.05) is 24.3 Å². The second-order valence-corrected chi connectivity index (χ2v) is 13.1. The van der Waals surface area contributed by atoms with Crippen LogP contribution in [0, 0.1) is 34.1 Å². The Kier molecular flexibility index (Phi) is 6.31. The average Bonchev–Trinajstić information content (AvgIpc) is 3.78. The number of ether oxygens (including phenoxy) is 4. The summed E-state index contributed by atoms with van der Waals surface area (Å²) in [5.74, 6) is 0.0934. The summed E-state index contributed by atoms with van der Waals surface area (Å²) in [7, 11) is 6.27. The van der Waals surface area contributed by atoms with Gasteiger partial charge in [0.05, 0.1) is 28.4 Å². The number of allylic oxidation sites excluding steroid dienone is 2. The van der Waals surface area contributed by atoms with Crippen LogP contribution in [0.5, 0.6) is 23.0 Å². The fourth-order valence-corrected chi connectivity index (χ4v) is 9.01. The Morgan fingerprint density at radius 2 is 0.717 bits per heavy atom. The molecule has 0 fully saturated rings. The van der Waals surface area contributed by atoms with E-state index in [0.717, 1.165) is 46.5 Å². The molecule has 0 saturated carbocycles. The maximum absolute atomic E-state index is 16.2. The third-order valence-electron chi connectivity index (χ3n) is 10.8. The number of benzene rings is 4. The first kappa shape index (κ1) is 29.0. The van der Waals surface area contributed by atoms with Crippen LogP contribution in [0.2, 0.25) is 0 Å². The Hall–Kier alpha value is -4.46. The van der Waals surface area contributed by atoms with Gasteiger partial charge in [0.1, 0.15) is 23.3 Å². The van der Waals surface area contributed by atoms with E-state index in [2.05, 4.69) is 0 Å². The van der Waals surface area contributed by atoms with Gasteiger partial charge >= 0.3 is 0 Å². The van der Waals surface area contributed by atoms with E-state index in [1.54, 1.807) is 28.4 Å². The molecule has 4 nitrogen and oxygen atoms in total. The molecule has 0 unspecified atom stereocenters. The molecular weight excluding hydrogens is 596 g/mol. The van der Waals surface area contributed by atoms with E-state index < -0.39 is 34.1 Å². The van der Waals surface area contributed by atoms with Crippen LogP contribution in [0.4, 0.5) is 17.6 Å². The van der Waals surface area contributed by atoms with Gasteiger partial charge in [-0.25, -0.2) is 17.6 Å². The maximum atomic E-state index is 16.2. The first-order valence-corrected chi connectivity index (χ1v) is 15.3. The van der Waals surface area contributed by atoms with Crippen molar-refractivity contribution in [3.63, 3.8) is 0 Å². The summed E-state index contributed by atoms with van der Waals surface area (Å²) in [5, 5.41) is 0. The van der Waals surface area contributed by atoms with E-state index in [4.69, 9.17) is 18.9 Å². The van der Waals surface area contributed by atoms with Crippen molar-refractivity contribution in [3.05, 3.63) is 116 Å². The van der Waals surface area contributed by atoms with Crippen molar-refractivity contribution in [1.82, 2.24) is 0 Å². The monoisotopic (exact) mass is 628 g/mol. The number of methoxy groups -OCH3 is 4. The molecule has 0 aromatic heterocycles. The fourth-order valence-electron chi connectivity index (χ4n) is 9.01. The van der Waals surface area contributed by atoms with E-state index in [1.165, 1.54) is 0 Å². The molecular formula is C38H32F4O4. The van der Waals surface area contributed by atoms with Crippen molar-refractivity contribution in [3.8, 4) is 23.0 Å². The van der Waals surface area contributed by atoms with Crippen LogP contribution in [-0.2, 0) is 38.5 Å². The molecule has 46 heavy (non-hydrogen) atoms. The molecule has 0 atom stereocenters. The van der Waals surface area contributed by atoms with E-state index in [-0.39, 0.29) is 35.1 Å². The summed E-state index contributed by atoms with van der Waals surface area (Å²) in [6.07, 6.45) is 2.25. The third kappa shape index (κ3) is 3.85. The van der Waals surface area contributed by atoms with Crippen LogP contribution in [0.15, 0.2) is 48.5 Å². The second kappa shape index (κ2) is 10.0. The van der Waals surface area contributed by atoms with Crippen molar-refractivity contribution in [2.75, 3.05) is 28.4 Å². The smallest absolute Gasteiger partial charge is 0.161 e. The summed E-state index contributed by atoms with van der Waals surface area (Å²) in [6, 6.07) is 12.3. The molecule has 0 aliphatic heterocycles. The standard InChI is InChI=1S/C38H32F4O4/c1-43-29-9-19-13-37(14-20(19)10-30(29)44-2)17-23-25(39)5-7-27(41)33(23)35(37)36-34-24(26(40)6-8-28(34)42)18-38(36)15-21-11-31(45-3)32(46-4)12-22(21)16-38/h5-12H,13-18H2,1-4H3/b36-35-. The minimum atomic E-state index is -0.808. The molecule has 4 aliphatic carbocycles. The van der Waals surface area contributed by atoms with E-state index >= 15 is 17.6 Å². The third-order valence-corrected chi connectivity index (χ3v) is 10.8. The molecule has 4 aromatic rings. The summed E-state index contributed by atoms with van der Waals surface area (Å²) in [4.78, 5) is 0. The Bertz CT molecular complexity index is 1800. The van der Waals surface area contributed by atoms with Gasteiger partial charge < -0.3 is 18.9 Å². The second-order valence-electron chi connectivity index (χ2n) is 13.1. The van der Waals surface area contributed by atoms with Gasteiger partial charge in [0.2, 0.25) is 0 Å². The Morgan fingerprint density at radius 3 is 1.00 bits per heavy atom. The van der Waals surface area contributed by atoms with Crippen LogP contribution >= 0.6 is 0 Å². The summed E-state index contributed by atoms with van der Waals surface area (Å²) in [6.45, 7) is 0. The number of hydrogen-bond donors (Lipinski definition) is 0. The fraction of sp³-hybridized carbons (Fsp3) is 0.316. The molecule has 0 bridgehead atoms. The lowest BCUT2D eigenvalue weighted by molar-refractivity contribution is 0.354. The summed E-state index contributed by atoms with van der Waals surface area (Å²) >= 11 is 0. The molecule has 236 valence electrons. The van der Waals surface area contributed by atoms with Crippen LogP contribution < -0.4 is 18.9 Å². The van der Waals surface area contributed by atoms with Gasteiger partial charge in [-0.05, 0) is 132 Å². The zero-order valence-electron chi connectivity index (χ0n) is 26.0. The van der Waals surface area contributed by atoms with Crippen LogP contribution in [0.25, 0.3) is 11.1 Å². The average molecular weight is 629 g/mol. The van der Waals surface area contributed by atoms with Crippen molar-refractivity contribution in [2.24, 2.45) is 10.8 Å². The molecule has 2 spiro atoms. The molecule has 4 aromatic carbocycles. The Labute approximate surface area is 264 Å². The molecule has 8 heteroatoms. The Morgan fingerprint density at radius 1 is 0.435 bits per heavy atom. The normalized spacial score (nSPS) is 19.3. The number of halogens is 4. The van der Waals surface area contributed by atoms with Gasteiger partial charge in [-0.3, -0.25) is 0 Å². The molecule has 8 rings (SSSR count). The number of fused-ring (bicyclic) bond motifs is 4. The van der Waals surface area contributed by atoms with Crippen molar-refractivity contribution in [1.29, 1.82) is 0 Å². The first-order chi connectivity index (χ1) is 22.2. The van der Waals surface area contributed by atoms with Crippen molar-refractivity contribution in [2.45, 2.75) is 38.5 Å². The van der Waals surface area contributed by atoms with Crippen molar-refractivity contribution >= 4 is 11.1 Å². The quantitative estimate of drug-likeness (QED) is 0.216. The lowest BCUT2D eigenvalue weighted by atomic mass is 9.68. The lowest BCUT2D eigenvalue weighted by Gasteiger charge is -2.34. The molecule has 0 amide bonds. The lowest BCUT2D eigenvalue weighted by Crippen LogP contribution is -2.28. The van der Waals surface area contributed by atoms with Crippen molar-refractivity contribution < 1.29 is 36.5 Å². The predicted molar refractivity (Wildman–Crippen MR) is 166 cm³/mol. The van der Waals surface area contributed by atoms with Gasteiger partial charge in [0.25, 0.3) is 0 Å². The van der Waals surface area contributed by atoms with Gasteiger partial charge in [-0.1, -0.05) is 0 Å².